The van der Waals surface area contributed by atoms with Gasteiger partial charge in [0.05, 0.1) is 5.66 Å². The maximum atomic E-state index is 3.10. The smallest absolute Gasteiger partial charge is 0.0915 e. The number of hydrogen-bond acceptors (Lipinski definition) is 2. The fourth-order valence-electron chi connectivity index (χ4n) is 0.385. The van der Waals surface area contributed by atoms with Crippen molar-refractivity contribution in [3.63, 3.8) is 0 Å². The molecule has 36 valence electrons. The van der Waals surface area contributed by atoms with E-state index in [9.17, 15) is 0 Å². The van der Waals surface area contributed by atoms with Crippen LogP contribution in [0.25, 0.3) is 0 Å². The molecule has 1 saturated heterocycles. The minimum Gasteiger partial charge on any atom is -0.233 e. The first kappa shape index (κ1) is 4.09. The Labute approximate surface area is 38.1 Å². The molecule has 0 aromatic heterocycles. The van der Waals surface area contributed by atoms with Crippen molar-refractivity contribution in [3.8, 4) is 0 Å². The average Bonchev–Trinajstić information content (AvgIpc) is 1.73. The van der Waals surface area contributed by atoms with E-state index in [0.29, 0.717) is 5.66 Å². The van der Waals surface area contributed by atoms with Gasteiger partial charge in [0.1, 0.15) is 0 Å². The molecule has 1 atom stereocenters. The number of hydrogen-bond donors (Lipinski definition) is 1. The molecule has 0 aromatic carbocycles. The van der Waals surface area contributed by atoms with Gasteiger partial charge in [-0.2, -0.15) is 0 Å². The largest absolute Gasteiger partial charge is 0.233 e. The molecule has 2 heteroatoms. The lowest BCUT2D eigenvalue weighted by atomic mass is 10.3. The van der Waals surface area contributed by atoms with Gasteiger partial charge in [0.15, 0.2) is 0 Å². The highest BCUT2D eigenvalue weighted by molar-refractivity contribution is 4.84. The van der Waals surface area contributed by atoms with E-state index in [2.05, 4.69) is 24.3 Å². The van der Waals surface area contributed by atoms with Crippen molar-refractivity contribution >= 4 is 0 Å². The number of rotatable bonds is 0. The van der Waals surface area contributed by atoms with Crippen LogP contribution in [0, 0.1) is 0 Å². The Morgan fingerprint density at radius 1 is 1.50 bits per heavy atom. The molecule has 0 aromatic rings. The monoisotopic (exact) mass is 86.1 g/mol. The molecule has 0 radical (unpaired) electrons. The van der Waals surface area contributed by atoms with E-state index in [-0.39, 0.29) is 0 Å². The van der Waals surface area contributed by atoms with Crippen molar-refractivity contribution in [2.24, 2.45) is 0 Å². The summed E-state index contributed by atoms with van der Waals surface area (Å²) in [7, 11) is 2.03. The van der Waals surface area contributed by atoms with Gasteiger partial charge in [-0.25, -0.2) is 10.4 Å². The Hall–Kier alpha value is -0.0800. The minimum atomic E-state index is 0.292. The van der Waals surface area contributed by atoms with Gasteiger partial charge < -0.3 is 0 Å². The van der Waals surface area contributed by atoms with Gasteiger partial charge in [-0.15, -0.1) is 0 Å². The molecule has 1 rings (SSSR count). The molecule has 1 N–H and O–H groups in total. The molecule has 0 spiro atoms. The first-order valence-electron chi connectivity index (χ1n) is 2.14. The normalized spacial score (nSPS) is 39.5. The van der Waals surface area contributed by atoms with Gasteiger partial charge in [-0.05, 0) is 13.8 Å². The summed E-state index contributed by atoms with van der Waals surface area (Å²) in [6, 6.07) is 0. The summed E-state index contributed by atoms with van der Waals surface area (Å²) in [5.41, 5.74) is 3.40. The molecule has 1 aliphatic heterocycles. The molecular formula is C4H10N2. The third-order valence-corrected chi connectivity index (χ3v) is 1.23. The zero-order valence-corrected chi connectivity index (χ0v) is 4.45. The first-order valence-corrected chi connectivity index (χ1v) is 2.14. The molecule has 1 aliphatic rings. The van der Waals surface area contributed by atoms with E-state index in [4.69, 9.17) is 0 Å². The standard InChI is InChI=1S/C4H10N2/c1-4(2)5-6(4)3/h5H,1-3H3. The maximum absolute atomic E-state index is 3.10. The van der Waals surface area contributed by atoms with E-state index in [0.717, 1.165) is 0 Å². The topological polar surface area (TPSA) is 25.0 Å². The Balaban J connectivity index is 2.41. The Bertz CT molecular complexity index is 67.9. The lowest BCUT2D eigenvalue weighted by molar-refractivity contribution is 0.523. The summed E-state index contributed by atoms with van der Waals surface area (Å²) in [6.45, 7) is 4.26. The predicted octanol–water partition coefficient (Wildman–Crippen LogP) is 0.172. The third kappa shape index (κ3) is 0.420. The van der Waals surface area contributed by atoms with E-state index in [1.165, 1.54) is 0 Å². The zero-order chi connectivity index (χ0) is 4.78. The van der Waals surface area contributed by atoms with Crippen LogP contribution in [0.4, 0.5) is 0 Å². The summed E-state index contributed by atoms with van der Waals surface area (Å²) in [6.07, 6.45) is 0. The van der Waals surface area contributed by atoms with Crippen molar-refractivity contribution in [2.75, 3.05) is 7.05 Å². The highest BCUT2D eigenvalue weighted by Crippen LogP contribution is 2.18. The van der Waals surface area contributed by atoms with Crippen LogP contribution < -0.4 is 5.43 Å². The van der Waals surface area contributed by atoms with Crippen molar-refractivity contribution in [2.45, 2.75) is 19.5 Å². The van der Waals surface area contributed by atoms with E-state index >= 15 is 0 Å². The summed E-state index contributed by atoms with van der Waals surface area (Å²) in [5.74, 6) is 0. The highest BCUT2D eigenvalue weighted by atomic mass is 15.8. The molecule has 0 amide bonds. The van der Waals surface area contributed by atoms with Crippen LogP contribution in [0.5, 0.6) is 0 Å². The van der Waals surface area contributed by atoms with Crippen molar-refractivity contribution < 1.29 is 0 Å². The molecular weight excluding hydrogens is 76.1 g/mol. The lowest BCUT2D eigenvalue weighted by Gasteiger charge is -1.89. The van der Waals surface area contributed by atoms with Gasteiger partial charge in [0.2, 0.25) is 0 Å². The molecule has 0 bridgehead atoms. The summed E-state index contributed by atoms with van der Waals surface area (Å²) in [5, 5.41) is 2.06. The van der Waals surface area contributed by atoms with Gasteiger partial charge in [-0.1, -0.05) is 0 Å². The second kappa shape index (κ2) is 0.768. The molecule has 1 fully saturated rings. The van der Waals surface area contributed by atoms with Gasteiger partial charge in [0, 0.05) is 7.05 Å². The molecule has 2 nitrogen and oxygen atoms in total. The maximum Gasteiger partial charge on any atom is 0.0915 e. The quantitative estimate of drug-likeness (QED) is 0.425. The molecule has 1 heterocycles. The summed E-state index contributed by atoms with van der Waals surface area (Å²) >= 11 is 0. The van der Waals surface area contributed by atoms with Crippen molar-refractivity contribution in [1.82, 2.24) is 10.4 Å². The summed E-state index contributed by atoms with van der Waals surface area (Å²) < 4.78 is 0. The highest BCUT2D eigenvalue weighted by Gasteiger charge is 2.38. The van der Waals surface area contributed by atoms with Crippen LogP contribution in [-0.4, -0.2) is 17.7 Å². The van der Waals surface area contributed by atoms with Crippen LogP contribution in [0.15, 0.2) is 0 Å². The van der Waals surface area contributed by atoms with Crippen LogP contribution in [0.1, 0.15) is 13.8 Å². The lowest BCUT2D eigenvalue weighted by Crippen LogP contribution is -2.03. The van der Waals surface area contributed by atoms with Gasteiger partial charge >= 0.3 is 0 Å². The van der Waals surface area contributed by atoms with Crippen LogP contribution in [0.3, 0.4) is 0 Å². The Kier molecular flexibility index (Phi) is 0.524. The van der Waals surface area contributed by atoms with Crippen LogP contribution >= 0.6 is 0 Å². The Morgan fingerprint density at radius 3 is 1.67 bits per heavy atom. The van der Waals surface area contributed by atoms with Crippen LogP contribution in [0.2, 0.25) is 0 Å². The van der Waals surface area contributed by atoms with Gasteiger partial charge in [-0.3, -0.25) is 0 Å². The van der Waals surface area contributed by atoms with E-state index < -0.39 is 0 Å². The van der Waals surface area contributed by atoms with Crippen molar-refractivity contribution in [1.29, 1.82) is 0 Å². The second-order valence-electron chi connectivity index (χ2n) is 2.23. The Morgan fingerprint density at radius 2 is 1.67 bits per heavy atom. The molecule has 6 heavy (non-hydrogen) atoms. The second-order valence-corrected chi connectivity index (χ2v) is 2.23. The minimum absolute atomic E-state index is 0.292. The van der Waals surface area contributed by atoms with E-state index in [1.54, 1.807) is 0 Å². The van der Waals surface area contributed by atoms with Gasteiger partial charge in [0.25, 0.3) is 0 Å². The fraction of sp³-hybridized carbons (Fsp3) is 1.00. The average molecular weight is 86.1 g/mol. The number of hydrazine groups is 1. The van der Waals surface area contributed by atoms with E-state index in [1.807, 2.05) is 7.05 Å². The number of nitrogens with one attached hydrogen (secondary N) is 1. The molecule has 0 saturated carbocycles. The SMILES string of the molecule is CN1NC1(C)C. The first-order chi connectivity index (χ1) is 2.63. The fourth-order valence-corrected chi connectivity index (χ4v) is 0.385. The zero-order valence-electron chi connectivity index (χ0n) is 4.45. The number of nitrogens with zero attached hydrogens (tertiary/aromatic N) is 1. The molecule has 1 unspecified atom stereocenters. The van der Waals surface area contributed by atoms with Crippen molar-refractivity contribution in [3.05, 3.63) is 0 Å². The predicted molar refractivity (Wildman–Crippen MR) is 25.0 cm³/mol. The molecule has 0 aliphatic carbocycles. The van der Waals surface area contributed by atoms with Crippen LogP contribution in [-0.2, 0) is 0 Å². The third-order valence-electron chi connectivity index (χ3n) is 1.23. The summed E-state index contributed by atoms with van der Waals surface area (Å²) in [4.78, 5) is 0.